The van der Waals surface area contributed by atoms with Crippen molar-refractivity contribution in [2.24, 2.45) is 0 Å². The van der Waals surface area contributed by atoms with E-state index in [2.05, 4.69) is 17.8 Å². The minimum absolute atomic E-state index is 0.358. The second-order valence-corrected chi connectivity index (χ2v) is 7.21. The van der Waals surface area contributed by atoms with Crippen LogP contribution in [0.15, 0.2) is 48.5 Å². The fraction of sp³-hybridized carbons (Fsp3) is 0.238. The molecule has 0 aliphatic rings. The summed E-state index contributed by atoms with van der Waals surface area (Å²) in [7, 11) is 1.52. The Morgan fingerprint density at radius 2 is 1.79 bits per heavy atom. The summed E-state index contributed by atoms with van der Waals surface area (Å²) in [5.74, 6) is 0.260. The first-order chi connectivity index (χ1) is 13.6. The van der Waals surface area contributed by atoms with Crippen molar-refractivity contribution in [1.29, 1.82) is 0 Å². The predicted octanol–water partition coefficient (Wildman–Crippen LogP) is 4.16. The van der Waals surface area contributed by atoms with Crippen LogP contribution in [0, 0.1) is 0 Å². The molecule has 0 fully saturated rings. The number of ether oxygens (including phenoxy) is 2. The van der Waals surface area contributed by atoms with Gasteiger partial charge in [0.1, 0.15) is 0 Å². The number of methoxy groups -OCH3 is 1. The number of amides is 2. The highest BCUT2D eigenvalue weighted by molar-refractivity contribution is 7.20. The largest absolute Gasteiger partial charge is 0.493 e. The molecule has 0 atom stereocenters. The van der Waals surface area contributed by atoms with E-state index in [1.54, 1.807) is 24.3 Å². The number of unbranched alkanes of at least 4 members (excludes halogenated alkanes) is 1. The molecule has 0 radical (unpaired) electrons. The molecule has 6 nitrogen and oxygen atoms in total. The molecule has 0 unspecified atom stereocenters. The van der Waals surface area contributed by atoms with Gasteiger partial charge in [0.05, 0.1) is 18.6 Å². The molecule has 2 N–H and O–H groups in total. The molecular formula is C21H22N2O4S. The Morgan fingerprint density at radius 3 is 2.54 bits per heavy atom. The molecule has 7 heteroatoms. The van der Waals surface area contributed by atoms with E-state index in [0.717, 1.165) is 22.9 Å². The fourth-order valence-electron chi connectivity index (χ4n) is 2.60. The van der Waals surface area contributed by atoms with Gasteiger partial charge in [-0.3, -0.25) is 20.4 Å². The van der Waals surface area contributed by atoms with Gasteiger partial charge >= 0.3 is 0 Å². The van der Waals surface area contributed by atoms with E-state index in [1.807, 2.05) is 24.3 Å². The normalized spacial score (nSPS) is 10.5. The molecule has 146 valence electrons. The lowest BCUT2D eigenvalue weighted by molar-refractivity contribution is 0.0848. The zero-order valence-corrected chi connectivity index (χ0v) is 16.6. The smallest absolute Gasteiger partial charge is 0.279 e. The van der Waals surface area contributed by atoms with Crippen LogP contribution < -0.4 is 20.3 Å². The number of rotatable bonds is 7. The van der Waals surface area contributed by atoms with Gasteiger partial charge in [0, 0.05) is 10.3 Å². The van der Waals surface area contributed by atoms with Gasteiger partial charge in [-0.1, -0.05) is 31.5 Å². The third kappa shape index (κ3) is 4.61. The highest BCUT2D eigenvalue weighted by atomic mass is 32.1. The molecule has 0 aliphatic heterocycles. The molecule has 0 bridgehead atoms. The minimum atomic E-state index is -0.437. The second kappa shape index (κ2) is 9.23. The van der Waals surface area contributed by atoms with Crippen LogP contribution >= 0.6 is 11.3 Å². The van der Waals surface area contributed by atoms with Crippen LogP contribution in [0.2, 0.25) is 0 Å². The molecule has 1 aromatic heterocycles. The first kappa shape index (κ1) is 19.7. The topological polar surface area (TPSA) is 76.7 Å². The molecule has 2 amide bonds. The number of carbonyl (C=O) groups excluding carboxylic acids is 2. The van der Waals surface area contributed by atoms with Crippen molar-refractivity contribution in [1.82, 2.24) is 10.9 Å². The molecule has 0 saturated heterocycles. The number of thiophene rings is 1. The van der Waals surface area contributed by atoms with Gasteiger partial charge in [0.25, 0.3) is 11.8 Å². The Morgan fingerprint density at radius 1 is 1.00 bits per heavy atom. The number of carbonyl (C=O) groups is 2. The third-order valence-corrected chi connectivity index (χ3v) is 5.24. The molecular weight excluding hydrogens is 376 g/mol. The van der Waals surface area contributed by atoms with Crippen molar-refractivity contribution < 1.29 is 19.1 Å². The van der Waals surface area contributed by atoms with E-state index < -0.39 is 5.91 Å². The molecule has 3 aromatic rings. The summed E-state index contributed by atoms with van der Waals surface area (Å²) in [5, 5.41) is 0.993. The highest BCUT2D eigenvalue weighted by Crippen LogP contribution is 2.28. The van der Waals surface area contributed by atoms with Gasteiger partial charge in [-0.05, 0) is 42.1 Å². The van der Waals surface area contributed by atoms with Crippen LogP contribution in [-0.2, 0) is 0 Å². The van der Waals surface area contributed by atoms with E-state index in [4.69, 9.17) is 9.47 Å². The van der Waals surface area contributed by atoms with E-state index in [1.165, 1.54) is 18.4 Å². The zero-order chi connectivity index (χ0) is 19.9. The summed E-state index contributed by atoms with van der Waals surface area (Å²) in [6, 6.07) is 14.4. The number of hydrogen-bond donors (Lipinski definition) is 2. The van der Waals surface area contributed by atoms with Crippen LogP contribution in [0.4, 0.5) is 0 Å². The molecule has 1 heterocycles. The first-order valence-electron chi connectivity index (χ1n) is 9.02. The molecule has 2 aromatic carbocycles. The van der Waals surface area contributed by atoms with Gasteiger partial charge in [-0.2, -0.15) is 0 Å². The van der Waals surface area contributed by atoms with Gasteiger partial charge in [0.15, 0.2) is 11.5 Å². The van der Waals surface area contributed by atoms with E-state index in [9.17, 15) is 9.59 Å². The van der Waals surface area contributed by atoms with E-state index >= 15 is 0 Å². The fourth-order valence-corrected chi connectivity index (χ4v) is 3.55. The maximum atomic E-state index is 12.4. The predicted molar refractivity (Wildman–Crippen MR) is 110 cm³/mol. The molecule has 0 spiro atoms. The number of fused-ring (bicyclic) bond motifs is 1. The summed E-state index contributed by atoms with van der Waals surface area (Å²) in [6.07, 6.45) is 1.97. The van der Waals surface area contributed by atoms with Gasteiger partial charge in [0.2, 0.25) is 0 Å². The number of hydrogen-bond acceptors (Lipinski definition) is 5. The van der Waals surface area contributed by atoms with Crippen molar-refractivity contribution in [3.05, 3.63) is 59.0 Å². The van der Waals surface area contributed by atoms with Crippen LogP contribution in [0.25, 0.3) is 10.1 Å². The van der Waals surface area contributed by atoms with E-state index in [-0.39, 0.29) is 5.91 Å². The van der Waals surface area contributed by atoms with Crippen LogP contribution in [-0.4, -0.2) is 25.5 Å². The van der Waals surface area contributed by atoms with Crippen molar-refractivity contribution in [2.75, 3.05) is 13.7 Å². The number of nitrogens with one attached hydrogen (secondary N) is 2. The summed E-state index contributed by atoms with van der Waals surface area (Å²) in [5.41, 5.74) is 5.25. The Labute approximate surface area is 167 Å². The first-order valence-corrected chi connectivity index (χ1v) is 9.84. The zero-order valence-electron chi connectivity index (χ0n) is 15.8. The van der Waals surface area contributed by atoms with Crippen LogP contribution in [0.5, 0.6) is 11.5 Å². The minimum Gasteiger partial charge on any atom is -0.493 e. The summed E-state index contributed by atoms with van der Waals surface area (Å²) >= 11 is 1.37. The lowest BCUT2D eigenvalue weighted by atomic mass is 10.2. The van der Waals surface area contributed by atoms with Crippen LogP contribution in [0.1, 0.15) is 39.8 Å². The van der Waals surface area contributed by atoms with Gasteiger partial charge in [-0.15, -0.1) is 11.3 Å². The average molecular weight is 398 g/mol. The molecule has 28 heavy (non-hydrogen) atoms. The lowest BCUT2D eigenvalue weighted by Gasteiger charge is -2.12. The Bertz CT molecular complexity index is 950. The quantitative estimate of drug-likeness (QED) is 0.463. The summed E-state index contributed by atoms with van der Waals surface area (Å²) in [6.45, 7) is 2.67. The maximum absolute atomic E-state index is 12.4. The van der Waals surface area contributed by atoms with Crippen molar-refractivity contribution >= 4 is 33.2 Å². The standard InChI is InChI=1S/C21H22N2O4S/c1-3-4-11-27-16-10-9-15(12-17(16)26-2)20(24)22-23-21(25)19-13-14-7-5-6-8-18(14)28-19/h5-10,12-13H,3-4,11H2,1-2H3,(H,22,24)(H,23,25). The summed E-state index contributed by atoms with van der Waals surface area (Å²) < 4.78 is 12.0. The Kier molecular flexibility index (Phi) is 6.49. The van der Waals surface area contributed by atoms with Crippen LogP contribution in [0.3, 0.4) is 0 Å². The number of benzene rings is 2. The summed E-state index contributed by atoms with van der Waals surface area (Å²) in [4.78, 5) is 25.2. The Hall–Kier alpha value is -3.06. The molecule has 3 rings (SSSR count). The van der Waals surface area contributed by atoms with Gasteiger partial charge in [-0.25, -0.2) is 0 Å². The monoisotopic (exact) mass is 398 g/mol. The SMILES string of the molecule is CCCCOc1ccc(C(=O)NNC(=O)c2cc3ccccc3s2)cc1OC. The number of hydrazine groups is 1. The maximum Gasteiger partial charge on any atom is 0.279 e. The average Bonchev–Trinajstić information content (AvgIpc) is 3.16. The lowest BCUT2D eigenvalue weighted by Crippen LogP contribution is -2.41. The third-order valence-electron chi connectivity index (χ3n) is 4.12. The molecule has 0 saturated carbocycles. The van der Waals surface area contributed by atoms with Crippen molar-refractivity contribution in [3.63, 3.8) is 0 Å². The second-order valence-electron chi connectivity index (χ2n) is 6.12. The van der Waals surface area contributed by atoms with Crippen molar-refractivity contribution in [2.45, 2.75) is 19.8 Å². The molecule has 0 aliphatic carbocycles. The van der Waals surface area contributed by atoms with Gasteiger partial charge < -0.3 is 9.47 Å². The Balaban J connectivity index is 1.63. The van der Waals surface area contributed by atoms with Crippen molar-refractivity contribution in [3.8, 4) is 11.5 Å². The van der Waals surface area contributed by atoms with E-state index in [0.29, 0.717) is 28.5 Å². The highest BCUT2D eigenvalue weighted by Gasteiger charge is 2.14.